The van der Waals surface area contributed by atoms with Gasteiger partial charge in [0.2, 0.25) is 0 Å². The van der Waals surface area contributed by atoms with E-state index in [9.17, 15) is 0 Å². The van der Waals surface area contributed by atoms with E-state index in [1.165, 1.54) is 37.0 Å². The standard InChI is InChI=1S/C72H46N2O2S/c1-4-14-47(15-5-1)53-32-38-61-62-40-37-59(46-69(62)76-68(61)44-53)73(57-35-30-50(31-36-57)52-34-41-67-64(43-52)60-22-10-11-24-66(60)75-67)58-21-12-16-51(42-58)48-26-28-49(29-27-48)54-33-39-63-71(45-54)77-70-25-13-23-65(72(63)70)74(55-17-6-2-7-18-55)56-19-8-3-9-20-56/h1-46H. The Hall–Kier alpha value is -9.94. The molecule has 12 aromatic carbocycles. The lowest BCUT2D eigenvalue weighted by Crippen LogP contribution is -2.10. The van der Waals surface area contributed by atoms with Crippen LogP contribution in [0.4, 0.5) is 34.1 Å². The van der Waals surface area contributed by atoms with Crippen molar-refractivity contribution >= 4 is 110 Å². The zero-order valence-corrected chi connectivity index (χ0v) is 42.5. The number of furan rings is 2. The van der Waals surface area contributed by atoms with Gasteiger partial charge in [-0.15, -0.1) is 11.3 Å². The quantitative estimate of drug-likeness (QED) is 0.137. The molecular weight excluding hydrogens is 957 g/mol. The number of benzene rings is 12. The first-order valence-electron chi connectivity index (χ1n) is 26.0. The zero-order chi connectivity index (χ0) is 50.8. The molecule has 15 rings (SSSR count). The van der Waals surface area contributed by atoms with Crippen LogP contribution in [-0.2, 0) is 0 Å². The molecule has 0 radical (unpaired) electrons. The molecule has 0 saturated carbocycles. The Bertz CT molecular complexity index is 4630. The highest BCUT2D eigenvalue weighted by molar-refractivity contribution is 7.26. The predicted molar refractivity (Wildman–Crippen MR) is 325 cm³/mol. The van der Waals surface area contributed by atoms with E-state index < -0.39 is 0 Å². The van der Waals surface area contributed by atoms with Crippen LogP contribution in [0.25, 0.3) is 109 Å². The molecule has 77 heavy (non-hydrogen) atoms. The van der Waals surface area contributed by atoms with Gasteiger partial charge in [-0.1, -0.05) is 164 Å². The minimum atomic E-state index is 0.840. The van der Waals surface area contributed by atoms with Crippen LogP contribution in [0.3, 0.4) is 0 Å². The highest BCUT2D eigenvalue weighted by Gasteiger charge is 2.21. The van der Waals surface area contributed by atoms with Crippen LogP contribution in [0, 0.1) is 0 Å². The third kappa shape index (κ3) is 7.92. The molecule has 0 aliphatic rings. The van der Waals surface area contributed by atoms with Gasteiger partial charge < -0.3 is 18.6 Å². The van der Waals surface area contributed by atoms with E-state index in [0.29, 0.717) is 0 Å². The number of nitrogens with zero attached hydrogens (tertiary/aromatic N) is 2. The number of para-hydroxylation sites is 3. The number of fused-ring (bicyclic) bond motifs is 9. The Morgan fingerprint density at radius 2 is 0.688 bits per heavy atom. The van der Waals surface area contributed by atoms with Crippen LogP contribution < -0.4 is 9.80 Å². The summed E-state index contributed by atoms with van der Waals surface area (Å²) >= 11 is 1.85. The fourth-order valence-corrected chi connectivity index (χ4v) is 12.5. The molecule has 0 amide bonds. The smallest absolute Gasteiger partial charge is 0.137 e. The van der Waals surface area contributed by atoms with Gasteiger partial charge in [0, 0.05) is 76.2 Å². The lowest BCUT2D eigenvalue weighted by atomic mass is 9.98. The number of rotatable bonds is 10. The van der Waals surface area contributed by atoms with Crippen molar-refractivity contribution in [2.75, 3.05) is 9.80 Å². The molecule has 3 heterocycles. The number of anilines is 6. The number of hydrogen-bond acceptors (Lipinski definition) is 5. The average molecular weight is 1000 g/mol. The first kappa shape index (κ1) is 44.5. The van der Waals surface area contributed by atoms with Gasteiger partial charge in [-0.05, 0) is 154 Å². The molecule has 0 unspecified atom stereocenters. The van der Waals surface area contributed by atoms with Gasteiger partial charge in [0.15, 0.2) is 0 Å². The van der Waals surface area contributed by atoms with Crippen LogP contribution in [0.1, 0.15) is 0 Å². The van der Waals surface area contributed by atoms with Crippen LogP contribution in [-0.4, -0.2) is 0 Å². The fourth-order valence-electron chi connectivity index (χ4n) is 11.3. The zero-order valence-electron chi connectivity index (χ0n) is 41.7. The Morgan fingerprint density at radius 1 is 0.234 bits per heavy atom. The second-order valence-electron chi connectivity index (χ2n) is 19.6. The highest BCUT2D eigenvalue weighted by atomic mass is 32.1. The first-order valence-corrected chi connectivity index (χ1v) is 26.9. The molecule has 15 aromatic rings. The maximum atomic E-state index is 6.71. The third-order valence-corrected chi connectivity index (χ3v) is 16.2. The third-order valence-electron chi connectivity index (χ3n) is 15.1. The van der Waals surface area contributed by atoms with Gasteiger partial charge in [0.1, 0.15) is 22.3 Å². The summed E-state index contributed by atoms with van der Waals surface area (Å²) in [6.07, 6.45) is 0. The molecule has 4 nitrogen and oxygen atoms in total. The van der Waals surface area contributed by atoms with Gasteiger partial charge in [0.05, 0.1) is 5.69 Å². The minimum Gasteiger partial charge on any atom is -0.456 e. The molecule has 0 fully saturated rings. The molecule has 0 aliphatic heterocycles. The molecular formula is C72H46N2O2S. The van der Waals surface area contributed by atoms with E-state index >= 15 is 0 Å². The van der Waals surface area contributed by atoms with Gasteiger partial charge in [-0.25, -0.2) is 0 Å². The summed E-state index contributed by atoms with van der Waals surface area (Å²) < 4.78 is 15.4. The van der Waals surface area contributed by atoms with Crippen LogP contribution >= 0.6 is 11.3 Å². The Kier molecular flexibility index (Phi) is 10.7. The van der Waals surface area contributed by atoms with Crippen molar-refractivity contribution in [3.63, 3.8) is 0 Å². The second kappa shape index (κ2) is 18.5. The van der Waals surface area contributed by atoms with Crippen molar-refractivity contribution in [2.45, 2.75) is 0 Å². The Balaban J connectivity index is 0.780. The summed E-state index contributed by atoms with van der Waals surface area (Å²) in [7, 11) is 0. The highest BCUT2D eigenvalue weighted by Crippen LogP contribution is 2.47. The summed E-state index contributed by atoms with van der Waals surface area (Å²) in [6, 6.07) is 100. The van der Waals surface area contributed by atoms with Crippen molar-refractivity contribution in [3.05, 3.63) is 279 Å². The largest absolute Gasteiger partial charge is 0.456 e. The summed E-state index contributed by atoms with van der Waals surface area (Å²) in [6.45, 7) is 0. The van der Waals surface area contributed by atoms with Gasteiger partial charge in [-0.3, -0.25) is 0 Å². The molecule has 0 spiro atoms. The topological polar surface area (TPSA) is 32.8 Å². The van der Waals surface area contributed by atoms with Crippen molar-refractivity contribution in [3.8, 4) is 44.5 Å². The molecule has 0 atom stereocenters. The second-order valence-corrected chi connectivity index (χ2v) is 20.7. The average Bonchev–Trinajstić information content (AvgIpc) is 4.21. The summed E-state index contributed by atoms with van der Waals surface area (Å²) in [5.41, 5.74) is 19.2. The maximum absolute atomic E-state index is 6.71. The first-order chi connectivity index (χ1) is 38.1. The molecule has 0 N–H and O–H groups in total. The SMILES string of the molecule is c1ccc(-c2ccc3c(c2)oc2cc(N(c4ccc(-c5ccc6oc7ccccc7c6c5)cc4)c4cccc(-c5ccc(-c6ccc7c(c6)sc6cccc(N(c8ccccc8)c8ccccc8)c67)cc5)c4)ccc23)cc1. The van der Waals surface area contributed by atoms with Crippen molar-refractivity contribution < 1.29 is 8.83 Å². The summed E-state index contributed by atoms with van der Waals surface area (Å²) in [5.74, 6) is 0. The van der Waals surface area contributed by atoms with E-state index in [1.807, 2.05) is 29.5 Å². The monoisotopic (exact) mass is 1000 g/mol. The summed E-state index contributed by atoms with van der Waals surface area (Å²) in [4.78, 5) is 4.71. The van der Waals surface area contributed by atoms with Crippen molar-refractivity contribution in [1.29, 1.82) is 0 Å². The van der Waals surface area contributed by atoms with Gasteiger partial charge >= 0.3 is 0 Å². The van der Waals surface area contributed by atoms with Crippen molar-refractivity contribution in [1.82, 2.24) is 0 Å². The Labute approximate surface area is 449 Å². The lowest BCUT2D eigenvalue weighted by molar-refractivity contribution is 0.668. The van der Waals surface area contributed by atoms with Crippen molar-refractivity contribution in [2.24, 2.45) is 0 Å². The molecule has 0 bridgehead atoms. The molecule has 3 aromatic heterocycles. The molecule has 0 aliphatic carbocycles. The van der Waals surface area contributed by atoms with Gasteiger partial charge in [0.25, 0.3) is 0 Å². The minimum absolute atomic E-state index is 0.840. The fraction of sp³-hybridized carbons (Fsp3) is 0. The Morgan fingerprint density at radius 3 is 1.43 bits per heavy atom. The molecule has 5 heteroatoms. The molecule has 0 saturated heterocycles. The van der Waals surface area contributed by atoms with Crippen LogP contribution in [0.2, 0.25) is 0 Å². The normalized spacial score (nSPS) is 11.6. The van der Waals surface area contributed by atoms with E-state index in [2.05, 4.69) is 271 Å². The van der Waals surface area contributed by atoms with E-state index in [-0.39, 0.29) is 0 Å². The number of thiophene rings is 1. The van der Waals surface area contributed by atoms with Gasteiger partial charge in [-0.2, -0.15) is 0 Å². The number of hydrogen-bond donors (Lipinski definition) is 0. The summed E-state index contributed by atoms with van der Waals surface area (Å²) in [5, 5.41) is 6.95. The maximum Gasteiger partial charge on any atom is 0.137 e. The van der Waals surface area contributed by atoms with E-state index in [0.717, 1.165) is 106 Å². The van der Waals surface area contributed by atoms with Crippen LogP contribution in [0.5, 0.6) is 0 Å². The molecule has 362 valence electrons. The van der Waals surface area contributed by atoms with Crippen LogP contribution in [0.15, 0.2) is 288 Å². The van der Waals surface area contributed by atoms with E-state index in [4.69, 9.17) is 8.83 Å². The van der Waals surface area contributed by atoms with E-state index in [1.54, 1.807) is 0 Å². The lowest BCUT2D eigenvalue weighted by Gasteiger charge is -2.26. The predicted octanol–water partition coefficient (Wildman–Crippen LogP) is 21.5.